The number of piperidine rings is 1. The maximum atomic E-state index is 9.98. The molecule has 268 valence electrons. The topological polar surface area (TPSA) is 148 Å². The fraction of sp³-hybridized carbons (Fsp3) is 0.310. The number of nitrogens with zero attached hydrogens (tertiary/aromatic N) is 6. The maximum absolute atomic E-state index is 9.98. The van der Waals surface area contributed by atoms with Gasteiger partial charge in [-0.15, -0.1) is 0 Å². The second-order valence-corrected chi connectivity index (χ2v) is 13.9. The van der Waals surface area contributed by atoms with Crippen LogP contribution >= 0.6 is 0 Å². The van der Waals surface area contributed by atoms with Crippen molar-refractivity contribution in [2.24, 2.45) is 0 Å². The highest BCUT2D eigenvalue weighted by molar-refractivity contribution is 5.91. The molecule has 6 aromatic rings. The van der Waals surface area contributed by atoms with Crippen molar-refractivity contribution < 1.29 is 19.1 Å². The van der Waals surface area contributed by atoms with Crippen molar-refractivity contribution in [1.82, 2.24) is 24.8 Å². The molecule has 2 N–H and O–H groups in total. The van der Waals surface area contributed by atoms with Crippen LogP contribution in [0.3, 0.4) is 0 Å². The summed E-state index contributed by atoms with van der Waals surface area (Å²) in [5, 5.41) is 24.6. The number of aliphatic hydroxyl groups is 1. The first kappa shape index (κ1) is 35.6. The Balaban J connectivity index is 0.00000140. The highest BCUT2D eigenvalue weighted by Crippen LogP contribution is 2.38. The van der Waals surface area contributed by atoms with Crippen LogP contribution in [0.4, 0.5) is 11.5 Å². The number of fused-ring (bicyclic) bond motifs is 2. The quantitative estimate of drug-likeness (QED) is 0.164. The summed E-state index contributed by atoms with van der Waals surface area (Å²) in [7, 11) is 0. The fourth-order valence-electron chi connectivity index (χ4n) is 7.60. The Morgan fingerprint density at radius 1 is 0.887 bits per heavy atom. The Morgan fingerprint density at radius 2 is 1.62 bits per heavy atom. The summed E-state index contributed by atoms with van der Waals surface area (Å²) in [5.74, 6) is 1.22. The zero-order valence-electron chi connectivity index (χ0n) is 29.9. The molecule has 53 heavy (non-hydrogen) atoms. The third-order valence-electron chi connectivity index (χ3n) is 10.3. The molecule has 0 amide bonds. The van der Waals surface area contributed by atoms with E-state index >= 15 is 0 Å². The van der Waals surface area contributed by atoms with Crippen LogP contribution in [-0.4, -0.2) is 68.3 Å². The van der Waals surface area contributed by atoms with E-state index in [-0.39, 0.29) is 12.3 Å². The van der Waals surface area contributed by atoms with Gasteiger partial charge in [-0.2, -0.15) is 14.9 Å². The molecule has 2 saturated heterocycles. The minimum absolute atomic E-state index is 0.250. The molecule has 0 spiro atoms. The maximum Gasteiger partial charge on any atom is 0.373 e. The predicted molar refractivity (Wildman–Crippen MR) is 202 cm³/mol. The molecule has 11 nitrogen and oxygen atoms in total. The van der Waals surface area contributed by atoms with E-state index in [4.69, 9.17) is 29.0 Å². The zero-order chi connectivity index (χ0) is 36.9. The molecule has 11 heteroatoms. The summed E-state index contributed by atoms with van der Waals surface area (Å²) < 4.78 is 6.30. The summed E-state index contributed by atoms with van der Waals surface area (Å²) in [6.07, 6.45) is 8.44. The normalized spacial score (nSPS) is 16.2. The van der Waals surface area contributed by atoms with Crippen LogP contribution in [0.1, 0.15) is 53.5 Å². The second kappa shape index (κ2) is 15.9. The van der Waals surface area contributed by atoms with Crippen LogP contribution in [0.25, 0.3) is 44.6 Å². The summed E-state index contributed by atoms with van der Waals surface area (Å²) in [4.78, 5) is 35.4. The molecule has 5 heterocycles. The van der Waals surface area contributed by atoms with Gasteiger partial charge in [0.05, 0.1) is 11.7 Å². The Morgan fingerprint density at radius 3 is 2.38 bits per heavy atom. The Bertz CT molecular complexity index is 2350. The number of hydrogen-bond donors (Lipinski definition) is 2. The monoisotopic (exact) mass is 707 g/mol. The molecule has 0 radical (unpaired) electrons. The van der Waals surface area contributed by atoms with Gasteiger partial charge in [-0.3, -0.25) is 14.8 Å². The van der Waals surface area contributed by atoms with Crippen LogP contribution in [-0.2, 0) is 22.7 Å². The lowest BCUT2D eigenvalue weighted by atomic mass is 9.93. The van der Waals surface area contributed by atoms with Crippen molar-refractivity contribution in [3.63, 3.8) is 0 Å². The summed E-state index contributed by atoms with van der Waals surface area (Å²) in [5.41, 5.74) is 10.8. The first-order valence-electron chi connectivity index (χ1n) is 18.0. The average molecular weight is 708 g/mol. The molecule has 0 aliphatic carbocycles. The van der Waals surface area contributed by atoms with Crippen molar-refractivity contribution in [3.8, 4) is 28.7 Å². The number of hydrogen-bond acceptors (Lipinski definition) is 11. The third kappa shape index (κ3) is 7.72. The van der Waals surface area contributed by atoms with Crippen LogP contribution < -0.4 is 5.32 Å². The molecule has 2 aliphatic heterocycles. The highest BCUT2D eigenvalue weighted by atomic mass is 16.3. The van der Waals surface area contributed by atoms with Crippen molar-refractivity contribution >= 4 is 39.7 Å². The average Bonchev–Trinajstić information content (AvgIpc) is 3.78. The van der Waals surface area contributed by atoms with Gasteiger partial charge in [-0.1, -0.05) is 30.7 Å². The molecular formula is C42H41N7O4. The number of nitrogens with one attached hydrogen (secondary N) is 1. The van der Waals surface area contributed by atoms with Gasteiger partial charge >= 0.3 is 6.15 Å². The number of oxazole rings is 1. The lowest BCUT2D eigenvalue weighted by molar-refractivity contribution is -0.191. The SMILES string of the molecule is Cc1c(Nc2nccc3cc(CN4CCCCC4)cnc23)cccc1-c1cccc(-c2nc3cc(CN4CC[C@@H](O)C4)cc(C#N)c3o2)c1C.O=C=O. The number of aromatic nitrogens is 3. The minimum Gasteiger partial charge on any atom is -0.435 e. The smallest absolute Gasteiger partial charge is 0.373 e. The van der Waals surface area contributed by atoms with Crippen LogP contribution in [0.2, 0.25) is 0 Å². The van der Waals surface area contributed by atoms with Gasteiger partial charge < -0.3 is 14.8 Å². The zero-order valence-corrected chi connectivity index (χ0v) is 29.9. The van der Waals surface area contributed by atoms with E-state index in [1.165, 1.54) is 24.8 Å². The molecule has 3 aromatic heterocycles. The number of pyridine rings is 2. The van der Waals surface area contributed by atoms with Gasteiger partial charge in [0, 0.05) is 55.2 Å². The lowest BCUT2D eigenvalue weighted by Gasteiger charge is -2.26. The molecule has 3 aromatic carbocycles. The third-order valence-corrected chi connectivity index (χ3v) is 10.3. The number of likely N-dealkylation sites (tertiary alicyclic amines) is 2. The Labute approximate surface area is 307 Å². The number of anilines is 2. The van der Waals surface area contributed by atoms with Crippen molar-refractivity contribution in [1.29, 1.82) is 5.26 Å². The summed E-state index contributed by atoms with van der Waals surface area (Å²) in [6.45, 7) is 9.59. The first-order chi connectivity index (χ1) is 25.8. The van der Waals surface area contributed by atoms with Gasteiger partial charge in [0.15, 0.2) is 11.4 Å². The standard InChI is InChI=1S/C41H41N7O2.CO2/c1-26-33(8-6-10-35(26)41-46-37-20-28(18-31(21-42)39(37)50-41)23-48-17-13-32(49)25-48)34-9-7-11-36(27(34)2)45-40-38-30(12-14-43-40)19-29(22-44-38)24-47-15-4-3-5-16-47;2-1-3/h6-12,14,18-20,22,32,49H,3-5,13,15-17,23-25H2,1-2H3,(H,43,45);/t32-;/m1./s1. The van der Waals surface area contributed by atoms with Crippen molar-refractivity contribution in [2.45, 2.75) is 58.7 Å². The molecule has 8 rings (SSSR count). The van der Waals surface area contributed by atoms with Crippen molar-refractivity contribution in [2.75, 3.05) is 31.5 Å². The molecule has 0 unspecified atom stereocenters. The van der Waals surface area contributed by atoms with Gasteiger partial charge in [0.2, 0.25) is 5.89 Å². The van der Waals surface area contributed by atoms with E-state index in [1.54, 1.807) is 0 Å². The van der Waals surface area contributed by atoms with Crippen LogP contribution in [0.15, 0.2) is 77.5 Å². The highest BCUT2D eigenvalue weighted by Gasteiger charge is 2.22. The molecule has 0 bridgehead atoms. The first-order valence-corrected chi connectivity index (χ1v) is 18.0. The molecule has 0 saturated carbocycles. The van der Waals surface area contributed by atoms with E-state index in [9.17, 15) is 10.4 Å². The summed E-state index contributed by atoms with van der Waals surface area (Å²) in [6, 6.07) is 22.9. The van der Waals surface area contributed by atoms with E-state index in [0.717, 1.165) is 88.4 Å². The molecule has 2 fully saturated rings. The molecular weight excluding hydrogens is 667 g/mol. The number of rotatable bonds is 8. The summed E-state index contributed by atoms with van der Waals surface area (Å²) >= 11 is 0. The van der Waals surface area contributed by atoms with E-state index in [1.807, 2.05) is 42.7 Å². The van der Waals surface area contributed by atoms with Gasteiger partial charge in [0.25, 0.3) is 0 Å². The molecule has 1 atom stereocenters. The second-order valence-electron chi connectivity index (χ2n) is 13.9. The number of aliphatic hydroxyl groups excluding tert-OH is 1. The largest absolute Gasteiger partial charge is 0.435 e. The fourth-order valence-corrected chi connectivity index (χ4v) is 7.60. The van der Waals surface area contributed by atoms with Gasteiger partial charge in [-0.25, -0.2) is 9.97 Å². The van der Waals surface area contributed by atoms with Gasteiger partial charge in [0.1, 0.15) is 17.1 Å². The number of nitriles is 1. The van der Waals surface area contributed by atoms with Gasteiger partial charge in [-0.05, 0) is 116 Å². The predicted octanol–water partition coefficient (Wildman–Crippen LogP) is 7.31. The van der Waals surface area contributed by atoms with E-state index < -0.39 is 0 Å². The Hall–Kier alpha value is -5.76. The number of carbonyl (C=O) groups excluding carboxylic acids is 2. The Kier molecular flexibility index (Phi) is 10.7. The minimum atomic E-state index is -0.294. The number of β-amino-alcohol motifs (C(OH)–C–C–N with tert-alkyl or cyclic N) is 1. The lowest BCUT2D eigenvalue weighted by Crippen LogP contribution is -2.29. The van der Waals surface area contributed by atoms with Crippen molar-refractivity contribution in [3.05, 3.63) is 101 Å². The van der Waals surface area contributed by atoms with E-state index in [2.05, 4.69) is 65.4 Å². The van der Waals surface area contributed by atoms with E-state index in [0.29, 0.717) is 35.6 Å². The van der Waals surface area contributed by atoms with Crippen LogP contribution in [0.5, 0.6) is 0 Å². The van der Waals surface area contributed by atoms with Crippen LogP contribution in [0, 0.1) is 25.2 Å². The number of benzene rings is 3. The molecule has 2 aliphatic rings.